The van der Waals surface area contributed by atoms with Crippen LogP contribution in [0.3, 0.4) is 0 Å². The highest BCUT2D eigenvalue weighted by Crippen LogP contribution is 2.33. The summed E-state index contributed by atoms with van der Waals surface area (Å²) in [5.41, 5.74) is 1.65. The van der Waals surface area contributed by atoms with E-state index in [1.54, 1.807) is 4.90 Å². The van der Waals surface area contributed by atoms with E-state index in [1.807, 2.05) is 31.2 Å². The number of nitrogens with zero attached hydrogens (tertiary/aromatic N) is 2. The summed E-state index contributed by atoms with van der Waals surface area (Å²) in [6.07, 6.45) is 2.30. The van der Waals surface area contributed by atoms with Gasteiger partial charge in [-0.25, -0.2) is 9.59 Å². The fourth-order valence-corrected chi connectivity index (χ4v) is 2.71. The first-order valence-electron chi connectivity index (χ1n) is 7.49. The third kappa shape index (κ3) is 3.01. The van der Waals surface area contributed by atoms with Gasteiger partial charge in [0.2, 0.25) is 0 Å². The lowest BCUT2D eigenvalue weighted by Gasteiger charge is -2.30. The van der Waals surface area contributed by atoms with E-state index in [-0.39, 0.29) is 6.03 Å². The summed E-state index contributed by atoms with van der Waals surface area (Å²) in [6, 6.07) is 6.42. The van der Waals surface area contributed by atoms with Crippen molar-refractivity contribution in [3.8, 4) is 0 Å². The minimum Gasteiger partial charge on any atom is -0.480 e. The zero-order valence-electron chi connectivity index (χ0n) is 12.6. The Bertz CT molecular complexity index is 530. The lowest BCUT2D eigenvalue weighted by Crippen LogP contribution is -2.50. The maximum atomic E-state index is 12.7. The number of carbonyl (C=O) groups is 2. The predicted molar refractivity (Wildman–Crippen MR) is 81.6 cm³/mol. The number of carboxylic acid groups (broad SMARTS) is 1. The van der Waals surface area contributed by atoms with Gasteiger partial charge >= 0.3 is 12.0 Å². The monoisotopic (exact) mass is 290 g/mol. The summed E-state index contributed by atoms with van der Waals surface area (Å²) >= 11 is 0. The molecule has 1 N–H and O–H groups in total. The Morgan fingerprint density at radius 3 is 2.67 bits per heavy atom. The molecule has 1 heterocycles. The number of unbranched alkanes of at least 4 members (excludes halogenated alkanes) is 1. The molecule has 0 aromatic heterocycles. The van der Waals surface area contributed by atoms with Crippen LogP contribution in [0.5, 0.6) is 0 Å². The first-order valence-corrected chi connectivity index (χ1v) is 7.49. The van der Waals surface area contributed by atoms with Crippen LogP contribution in [-0.2, 0) is 11.2 Å². The largest absolute Gasteiger partial charge is 0.480 e. The van der Waals surface area contributed by atoms with E-state index in [4.69, 9.17) is 0 Å². The molecule has 1 aromatic rings. The van der Waals surface area contributed by atoms with Gasteiger partial charge in [0, 0.05) is 25.2 Å². The van der Waals surface area contributed by atoms with E-state index in [0.717, 1.165) is 24.1 Å². The third-order valence-electron chi connectivity index (χ3n) is 3.90. The van der Waals surface area contributed by atoms with E-state index in [2.05, 4.69) is 6.92 Å². The average Bonchev–Trinajstić information content (AvgIpc) is 2.87. The Morgan fingerprint density at radius 2 is 2.05 bits per heavy atom. The van der Waals surface area contributed by atoms with Gasteiger partial charge in [-0.1, -0.05) is 31.5 Å². The van der Waals surface area contributed by atoms with Gasteiger partial charge in [-0.15, -0.1) is 0 Å². The second-order valence-electron chi connectivity index (χ2n) is 5.27. The van der Waals surface area contributed by atoms with Crippen LogP contribution < -0.4 is 4.90 Å². The molecule has 2 rings (SSSR count). The normalized spacial score (nSPS) is 16.7. The molecule has 1 aliphatic heterocycles. The van der Waals surface area contributed by atoms with E-state index < -0.39 is 12.0 Å². The number of fused-ring (bicyclic) bond motifs is 1. The second kappa shape index (κ2) is 6.61. The van der Waals surface area contributed by atoms with Crippen molar-refractivity contribution in [3.05, 3.63) is 29.8 Å². The fourth-order valence-electron chi connectivity index (χ4n) is 2.71. The van der Waals surface area contributed by atoms with Crippen LogP contribution in [0.25, 0.3) is 0 Å². The van der Waals surface area contributed by atoms with Gasteiger partial charge in [-0.05, 0) is 25.0 Å². The van der Waals surface area contributed by atoms with Crippen LogP contribution in [0.4, 0.5) is 10.5 Å². The Kier molecular flexibility index (Phi) is 4.83. The molecule has 114 valence electrons. The molecule has 0 fully saturated rings. The Hall–Kier alpha value is -2.04. The van der Waals surface area contributed by atoms with Crippen LogP contribution in [0, 0.1) is 0 Å². The molecule has 21 heavy (non-hydrogen) atoms. The Balaban J connectivity index is 2.29. The SMILES string of the molecule is CCCCN(CC)C(=O)N1c2ccccc2CC1C(=O)O. The number of hydrogen-bond acceptors (Lipinski definition) is 2. The lowest BCUT2D eigenvalue weighted by atomic mass is 10.1. The summed E-state index contributed by atoms with van der Waals surface area (Å²) in [6.45, 7) is 5.25. The number of carbonyl (C=O) groups excluding carboxylic acids is 1. The molecule has 0 radical (unpaired) electrons. The standard InChI is InChI=1S/C16H22N2O3/c1-3-5-10-17(4-2)16(21)18-13-9-7-6-8-12(13)11-14(18)15(19)20/h6-9,14H,3-5,10-11H2,1-2H3,(H,19,20). The summed E-state index contributed by atoms with van der Waals surface area (Å²) in [5.74, 6) is -0.953. The zero-order chi connectivity index (χ0) is 15.4. The number of amides is 2. The van der Waals surface area contributed by atoms with Gasteiger partial charge in [0.05, 0.1) is 0 Å². The van der Waals surface area contributed by atoms with Gasteiger partial charge in [-0.2, -0.15) is 0 Å². The van der Waals surface area contributed by atoms with Crippen molar-refractivity contribution in [2.75, 3.05) is 18.0 Å². The van der Waals surface area contributed by atoms with Crippen molar-refractivity contribution in [3.63, 3.8) is 0 Å². The molecule has 0 bridgehead atoms. The Labute approximate surface area is 125 Å². The van der Waals surface area contributed by atoms with Crippen molar-refractivity contribution in [2.24, 2.45) is 0 Å². The van der Waals surface area contributed by atoms with Gasteiger partial charge in [-0.3, -0.25) is 4.90 Å². The molecule has 0 spiro atoms. The van der Waals surface area contributed by atoms with Crippen LogP contribution in [0.1, 0.15) is 32.3 Å². The van der Waals surface area contributed by atoms with Crippen molar-refractivity contribution >= 4 is 17.7 Å². The molecule has 0 saturated carbocycles. The minimum absolute atomic E-state index is 0.205. The quantitative estimate of drug-likeness (QED) is 0.907. The summed E-state index contributed by atoms with van der Waals surface area (Å²) in [5, 5.41) is 9.42. The molecule has 0 aliphatic carbocycles. The Morgan fingerprint density at radius 1 is 1.33 bits per heavy atom. The van der Waals surface area contributed by atoms with Crippen molar-refractivity contribution in [2.45, 2.75) is 39.2 Å². The molecular weight excluding hydrogens is 268 g/mol. The average molecular weight is 290 g/mol. The van der Waals surface area contributed by atoms with E-state index >= 15 is 0 Å². The highest BCUT2D eigenvalue weighted by atomic mass is 16.4. The van der Waals surface area contributed by atoms with Crippen LogP contribution >= 0.6 is 0 Å². The van der Waals surface area contributed by atoms with Crippen molar-refractivity contribution < 1.29 is 14.7 Å². The zero-order valence-corrected chi connectivity index (χ0v) is 12.6. The molecule has 5 nitrogen and oxygen atoms in total. The lowest BCUT2D eigenvalue weighted by molar-refractivity contribution is -0.138. The number of aliphatic carboxylic acids is 1. The predicted octanol–water partition coefficient (Wildman–Crippen LogP) is 2.74. The van der Waals surface area contributed by atoms with E-state index in [1.165, 1.54) is 4.90 Å². The molecule has 1 unspecified atom stereocenters. The maximum absolute atomic E-state index is 12.7. The third-order valence-corrected chi connectivity index (χ3v) is 3.90. The first-order chi connectivity index (χ1) is 10.1. The van der Waals surface area contributed by atoms with E-state index in [0.29, 0.717) is 19.5 Å². The summed E-state index contributed by atoms with van der Waals surface area (Å²) < 4.78 is 0. The molecule has 0 saturated heterocycles. The highest BCUT2D eigenvalue weighted by Gasteiger charge is 2.39. The van der Waals surface area contributed by atoms with Gasteiger partial charge < -0.3 is 10.0 Å². The number of rotatable bonds is 5. The van der Waals surface area contributed by atoms with Gasteiger partial charge in [0.25, 0.3) is 0 Å². The fraction of sp³-hybridized carbons (Fsp3) is 0.500. The van der Waals surface area contributed by atoms with Crippen LogP contribution in [0.2, 0.25) is 0 Å². The number of anilines is 1. The molecule has 1 aromatic carbocycles. The molecular formula is C16H22N2O3. The van der Waals surface area contributed by atoms with Gasteiger partial charge in [0.15, 0.2) is 0 Å². The number of carboxylic acids is 1. The molecule has 1 atom stereocenters. The molecule has 1 aliphatic rings. The smallest absolute Gasteiger partial charge is 0.327 e. The number of benzene rings is 1. The minimum atomic E-state index is -0.953. The number of urea groups is 1. The van der Waals surface area contributed by atoms with E-state index in [9.17, 15) is 14.7 Å². The number of para-hydroxylation sites is 1. The highest BCUT2D eigenvalue weighted by molar-refractivity contribution is 6.01. The van der Waals surface area contributed by atoms with Crippen LogP contribution in [0.15, 0.2) is 24.3 Å². The van der Waals surface area contributed by atoms with Crippen molar-refractivity contribution in [1.29, 1.82) is 0 Å². The summed E-state index contributed by atoms with van der Waals surface area (Å²) in [4.78, 5) is 27.4. The second-order valence-corrected chi connectivity index (χ2v) is 5.27. The number of hydrogen-bond donors (Lipinski definition) is 1. The van der Waals surface area contributed by atoms with Crippen LogP contribution in [-0.4, -0.2) is 41.1 Å². The van der Waals surface area contributed by atoms with Gasteiger partial charge in [0.1, 0.15) is 6.04 Å². The first kappa shape index (κ1) is 15.4. The van der Waals surface area contributed by atoms with Crippen molar-refractivity contribution in [1.82, 2.24) is 4.90 Å². The summed E-state index contributed by atoms with van der Waals surface area (Å²) in [7, 11) is 0. The molecule has 2 amide bonds. The maximum Gasteiger partial charge on any atom is 0.327 e. The topological polar surface area (TPSA) is 60.9 Å². The molecule has 5 heteroatoms.